The summed E-state index contributed by atoms with van der Waals surface area (Å²) in [7, 11) is 0. The van der Waals surface area contributed by atoms with Crippen LogP contribution in [0.5, 0.6) is 0 Å². The Hall–Kier alpha value is -2.61. The van der Waals surface area contributed by atoms with Gasteiger partial charge in [-0.05, 0) is 76.8 Å². The maximum atomic E-state index is 12.2. The van der Waals surface area contributed by atoms with Crippen molar-refractivity contribution in [2.75, 3.05) is 50.7 Å². The smallest absolute Gasteiger partial charge is 0.410 e. The third-order valence-electron chi connectivity index (χ3n) is 6.51. The number of ether oxygens (including phenoxy) is 1. The maximum absolute atomic E-state index is 12.2. The van der Waals surface area contributed by atoms with E-state index in [1.165, 1.54) is 12.1 Å². The number of carbonyl (C=O) groups is 1. The van der Waals surface area contributed by atoms with Crippen LogP contribution >= 0.6 is 0 Å². The van der Waals surface area contributed by atoms with E-state index in [0.717, 1.165) is 64.2 Å². The van der Waals surface area contributed by atoms with E-state index in [2.05, 4.69) is 44.2 Å². The molecule has 4 rings (SSSR count). The zero-order chi connectivity index (χ0) is 23.4. The molecule has 0 radical (unpaired) electrons. The van der Waals surface area contributed by atoms with Crippen molar-refractivity contribution in [2.24, 2.45) is 5.92 Å². The molecule has 1 aromatic carbocycles. The van der Waals surface area contributed by atoms with Crippen LogP contribution in [0.2, 0.25) is 0 Å². The van der Waals surface area contributed by atoms with Gasteiger partial charge >= 0.3 is 6.09 Å². The normalized spacial score (nSPS) is 18.5. The van der Waals surface area contributed by atoms with Crippen LogP contribution < -0.4 is 4.90 Å². The number of hydrogen-bond donors (Lipinski definition) is 0. The lowest BCUT2D eigenvalue weighted by Crippen LogP contribution is -2.47. The summed E-state index contributed by atoms with van der Waals surface area (Å²) in [4.78, 5) is 23.4. The molecular weight excluding hydrogens is 418 g/mol. The second-order valence-electron chi connectivity index (χ2n) is 10.2. The minimum Gasteiger partial charge on any atom is -0.444 e. The number of aromatic nitrogens is 2. The molecule has 0 bridgehead atoms. The van der Waals surface area contributed by atoms with Crippen LogP contribution in [0.3, 0.4) is 0 Å². The molecule has 33 heavy (non-hydrogen) atoms. The maximum Gasteiger partial charge on any atom is 0.410 e. The summed E-state index contributed by atoms with van der Waals surface area (Å²) in [6.45, 7) is 14.6. The Bertz CT molecular complexity index is 905. The highest BCUT2D eigenvalue weighted by Gasteiger charge is 2.27. The predicted molar refractivity (Wildman–Crippen MR) is 128 cm³/mol. The summed E-state index contributed by atoms with van der Waals surface area (Å²) < 4.78 is 10.6. The molecule has 3 heterocycles. The number of carbonyl (C=O) groups excluding carboxylic acids is 1. The molecule has 2 saturated heterocycles. The van der Waals surface area contributed by atoms with Gasteiger partial charge in [-0.2, -0.15) is 4.98 Å². The van der Waals surface area contributed by atoms with Crippen LogP contribution in [0.15, 0.2) is 28.8 Å². The van der Waals surface area contributed by atoms with Gasteiger partial charge in [0.15, 0.2) is 0 Å². The van der Waals surface area contributed by atoms with E-state index in [9.17, 15) is 4.79 Å². The average molecular weight is 456 g/mol. The Morgan fingerprint density at radius 2 is 1.73 bits per heavy atom. The standard InChI is InChI=1S/C25H37N5O3/c1-19-26-23(27-33-19)21-5-7-22(8-6-21)29-17-15-28(16-18-29)12-9-20-10-13-30(14-11-20)24(31)32-25(2,3)4/h5-8,20H,9-18H2,1-4H3. The quantitative estimate of drug-likeness (QED) is 0.669. The molecule has 1 amide bonds. The fourth-order valence-corrected chi connectivity index (χ4v) is 4.56. The zero-order valence-electron chi connectivity index (χ0n) is 20.4. The van der Waals surface area contributed by atoms with Crippen LogP contribution in [-0.4, -0.2) is 77.4 Å². The van der Waals surface area contributed by atoms with Crippen LogP contribution in [0.25, 0.3) is 11.4 Å². The van der Waals surface area contributed by atoms with E-state index < -0.39 is 5.60 Å². The summed E-state index contributed by atoms with van der Waals surface area (Å²) in [5, 5.41) is 3.99. The van der Waals surface area contributed by atoms with Crippen LogP contribution in [0.4, 0.5) is 10.5 Å². The molecule has 0 unspecified atom stereocenters. The Kier molecular flexibility index (Phi) is 7.22. The van der Waals surface area contributed by atoms with E-state index >= 15 is 0 Å². The van der Waals surface area contributed by atoms with Crippen molar-refractivity contribution in [3.8, 4) is 11.4 Å². The van der Waals surface area contributed by atoms with Crippen LogP contribution in [0.1, 0.15) is 45.9 Å². The van der Waals surface area contributed by atoms with E-state index in [4.69, 9.17) is 9.26 Å². The van der Waals surface area contributed by atoms with E-state index in [-0.39, 0.29) is 6.09 Å². The van der Waals surface area contributed by atoms with Gasteiger partial charge in [0.25, 0.3) is 0 Å². The molecule has 8 nitrogen and oxygen atoms in total. The largest absolute Gasteiger partial charge is 0.444 e. The molecular formula is C25H37N5O3. The summed E-state index contributed by atoms with van der Waals surface area (Å²) in [5.74, 6) is 1.92. The minimum absolute atomic E-state index is 0.169. The topological polar surface area (TPSA) is 74.9 Å². The molecule has 2 aliphatic heterocycles. The minimum atomic E-state index is -0.425. The molecule has 0 N–H and O–H groups in total. The summed E-state index contributed by atoms with van der Waals surface area (Å²) in [6, 6.07) is 8.43. The van der Waals surface area contributed by atoms with Gasteiger partial charge in [0.1, 0.15) is 5.60 Å². The molecule has 0 spiro atoms. The number of anilines is 1. The Balaban J connectivity index is 1.16. The van der Waals surface area contributed by atoms with Crippen molar-refractivity contribution >= 4 is 11.8 Å². The van der Waals surface area contributed by atoms with Gasteiger partial charge < -0.3 is 19.1 Å². The monoisotopic (exact) mass is 455 g/mol. The first-order valence-corrected chi connectivity index (χ1v) is 12.1. The zero-order valence-corrected chi connectivity index (χ0v) is 20.4. The van der Waals surface area contributed by atoms with Crippen molar-refractivity contribution in [1.29, 1.82) is 0 Å². The number of benzene rings is 1. The van der Waals surface area contributed by atoms with E-state index in [1.54, 1.807) is 6.92 Å². The molecule has 0 saturated carbocycles. The van der Waals surface area contributed by atoms with Crippen molar-refractivity contribution in [3.63, 3.8) is 0 Å². The third-order valence-corrected chi connectivity index (χ3v) is 6.51. The third kappa shape index (κ3) is 6.47. The van der Waals surface area contributed by atoms with Crippen molar-refractivity contribution < 1.29 is 14.1 Å². The predicted octanol–water partition coefficient (Wildman–Crippen LogP) is 4.20. The molecule has 180 valence electrons. The number of piperazine rings is 1. The number of rotatable bonds is 5. The summed E-state index contributed by atoms with van der Waals surface area (Å²) in [5.41, 5.74) is 1.80. The molecule has 0 aliphatic carbocycles. The van der Waals surface area contributed by atoms with Gasteiger partial charge in [0.05, 0.1) is 0 Å². The SMILES string of the molecule is Cc1nc(-c2ccc(N3CCN(CCC4CCN(C(=O)OC(C)(C)C)CC4)CC3)cc2)no1. The summed E-state index contributed by atoms with van der Waals surface area (Å²) in [6.07, 6.45) is 3.19. The van der Waals surface area contributed by atoms with Crippen molar-refractivity contribution in [2.45, 2.75) is 52.6 Å². The fourth-order valence-electron chi connectivity index (χ4n) is 4.56. The fraction of sp³-hybridized carbons (Fsp3) is 0.640. The number of nitrogens with zero attached hydrogens (tertiary/aromatic N) is 5. The van der Waals surface area contributed by atoms with Crippen LogP contribution in [0, 0.1) is 12.8 Å². The van der Waals surface area contributed by atoms with Gasteiger partial charge in [-0.25, -0.2) is 4.79 Å². The van der Waals surface area contributed by atoms with Gasteiger partial charge in [0.2, 0.25) is 11.7 Å². The van der Waals surface area contributed by atoms with E-state index in [1.807, 2.05) is 25.7 Å². The number of piperidine rings is 1. The number of likely N-dealkylation sites (tertiary alicyclic amines) is 1. The molecule has 2 fully saturated rings. The average Bonchev–Trinajstić information content (AvgIpc) is 3.24. The van der Waals surface area contributed by atoms with Crippen molar-refractivity contribution in [1.82, 2.24) is 19.9 Å². The van der Waals surface area contributed by atoms with Gasteiger partial charge in [-0.3, -0.25) is 4.90 Å². The van der Waals surface area contributed by atoms with E-state index in [0.29, 0.717) is 17.6 Å². The molecule has 0 atom stereocenters. The van der Waals surface area contributed by atoms with Gasteiger partial charge in [-0.1, -0.05) is 5.16 Å². The second kappa shape index (κ2) is 10.1. The number of hydrogen-bond acceptors (Lipinski definition) is 7. The first kappa shape index (κ1) is 23.5. The van der Waals surface area contributed by atoms with Crippen LogP contribution in [-0.2, 0) is 4.74 Å². The molecule has 2 aromatic rings. The number of aryl methyl sites for hydroxylation is 1. The first-order valence-electron chi connectivity index (χ1n) is 12.1. The lowest BCUT2D eigenvalue weighted by molar-refractivity contribution is 0.0177. The summed E-state index contributed by atoms with van der Waals surface area (Å²) >= 11 is 0. The Labute approximate surface area is 196 Å². The number of amides is 1. The molecule has 2 aliphatic rings. The van der Waals surface area contributed by atoms with Gasteiger partial charge in [0, 0.05) is 57.4 Å². The van der Waals surface area contributed by atoms with Crippen molar-refractivity contribution in [3.05, 3.63) is 30.2 Å². The highest BCUT2D eigenvalue weighted by molar-refractivity contribution is 5.68. The highest BCUT2D eigenvalue weighted by atomic mass is 16.6. The second-order valence-corrected chi connectivity index (χ2v) is 10.2. The lowest BCUT2D eigenvalue weighted by Gasteiger charge is -2.38. The molecule has 8 heteroatoms. The van der Waals surface area contributed by atoms with Gasteiger partial charge in [-0.15, -0.1) is 0 Å². The highest BCUT2D eigenvalue weighted by Crippen LogP contribution is 2.24. The Morgan fingerprint density at radius 1 is 1.06 bits per heavy atom. The molecule has 1 aromatic heterocycles. The first-order chi connectivity index (χ1) is 15.8. The Morgan fingerprint density at radius 3 is 2.30 bits per heavy atom. The lowest BCUT2D eigenvalue weighted by atomic mass is 9.93.